The van der Waals surface area contributed by atoms with E-state index < -0.39 is 54.6 Å². The number of aliphatic hydroxyl groups excluding tert-OH is 2. The monoisotopic (exact) mass is 520 g/mol. The van der Waals surface area contributed by atoms with Gasteiger partial charge in [-0.2, -0.15) is 4.99 Å². The molecule has 0 saturated carbocycles. The molecule has 0 aromatic rings. The predicted molar refractivity (Wildman–Crippen MR) is 97.2 cm³/mol. The second kappa shape index (κ2) is 9.79. The van der Waals surface area contributed by atoms with Gasteiger partial charge in [-0.1, -0.05) is 6.58 Å². The van der Waals surface area contributed by atoms with Crippen LogP contribution in [0.5, 0.6) is 0 Å². The number of phosphoric ester groups is 1. The highest BCUT2D eigenvalue weighted by atomic mass is 31.3. The van der Waals surface area contributed by atoms with Crippen molar-refractivity contribution in [2.45, 2.75) is 24.5 Å². The van der Waals surface area contributed by atoms with E-state index in [1.54, 1.807) is 0 Å². The van der Waals surface area contributed by atoms with Crippen LogP contribution in [-0.2, 0) is 31.6 Å². The molecule has 0 radical (unpaired) electrons. The molecular weight excluding hydrogens is 503 g/mol. The Hall–Kier alpha value is -1.49. The topological polar surface area (TPSA) is 298 Å². The summed E-state index contributed by atoms with van der Waals surface area (Å²) in [7, 11) is -17.8. The zero-order valence-corrected chi connectivity index (χ0v) is 18.3. The molecule has 1 fully saturated rings. The average Bonchev–Trinajstić information content (AvgIpc) is 2.85. The number of phosphoric acid groups is 3. The lowest BCUT2D eigenvalue weighted by molar-refractivity contribution is -0.250. The van der Waals surface area contributed by atoms with Crippen LogP contribution in [-0.4, -0.2) is 62.9 Å². The lowest BCUT2D eigenvalue weighted by atomic mass is 10.1. The molecule has 0 amide bonds. The summed E-state index contributed by atoms with van der Waals surface area (Å²) in [5.41, 5.74) is 10.5. The highest BCUT2D eigenvalue weighted by Crippen LogP contribution is 2.61. The molecule has 7 atom stereocenters. The van der Waals surface area contributed by atoms with Crippen LogP contribution in [0.2, 0.25) is 0 Å². The normalized spacial score (nSPS) is 31.4. The van der Waals surface area contributed by atoms with Crippen LogP contribution < -0.4 is 26.1 Å². The van der Waals surface area contributed by atoms with Gasteiger partial charge in [0.05, 0.1) is 6.61 Å². The van der Waals surface area contributed by atoms with Gasteiger partial charge in [0.25, 0.3) is 23.5 Å². The molecule has 0 bridgehead atoms. The van der Waals surface area contributed by atoms with E-state index >= 15 is 0 Å². The number of aliphatic imine (C=N–C) groups is 2. The molecule has 2 aliphatic heterocycles. The summed E-state index contributed by atoms with van der Waals surface area (Å²) in [6.07, 6.45) is -3.66. The first-order chi connectivity index (χ1) is 14.5. The third-order valence-electron chi connectivity index (χ3n) is 3.58. The van der Waals surface area contributed by atoms with Crippen LogP contribution in [0, 0.1) is 0 Å². The highest BCUT2D eigenvalue weighted by molar-refractivity contribution is 7.65. The van der Waals surface area contributed by atoms with Crippen molar-refractivity contribution in [2.75, 3.05) is 6.61 Å². The molecule has 0 spiro atoms. The van der Waals surface area contributed by atoms with Crippen LogP contribution in [0.15, 0.2) is 34.7 Å². The lowest BCUT2D eigenvalue weighted by Crippen LogP contribution is -2.41. The molecule has 1 saturated heterocycles. The van der Waals surface area contributed by atoms with E-state index in [0.29, 0.717) is 0 Å². The van der Waals surface area contributed by atoms with E-state index in [1.807, 2.05) is 0 Å². The van der Waals surface area contributed by atoms with Crippen LogP contribution in [0.1, 0.15) is 0 Å². The van der Waals surface area contributed by atoms with Gasteiger partial charge in [-0.3, -0.25) is 13.7 Å². The Bertz CT molecular complexity index is 975. The lowest BCUT2D eigenvalue weighted by Gasteiger charge is -2.33. The third kappa shape index (κ3) is 7.54. The Morgan fingerprint density at radius 3 is 2.38 bits per heavy atom. The molecule has 18 nitrogen and oxygen atoms in total. The summed E-state index contributed by atoms with van der Waals surface area (Å²) in [5, 5.41) is 20.3. The van der Waals surface area contributed by atoms with Crippen LogP contribution in [0.3, 0.4) is 0 Å². The first kappa shape index (κ1) is 26.8. The van der Waals surface area contributed by atoms with E-state index in [2.05, 4.69) is 29.7 Å². The molecule has 0 aliphatic carbocycles. The molecule has 32 heavy (non-hydrogen) atoms. The quantitative estimate of drug-likeness (QED) is 0.115. The Morgan fingerprint density at radius 1 is 1.22 bits per heavy atom. The number of rotatable bonds is 8. The van der Waals surface area contributed by atoms with E-state index in [4.69, 9.17) is 21.1 Å². The van der Waals surface area contributed by atoms with E-state index in [0.717, 1.165) is 4.90 Å². The smallest absolute Gasteiger partial charge is 0.280 e. The highest BCUT2D eigenvalue weighted by Gasteiger charge is 2.46. The van der Waals surface area contributed by atoms with Crippen molar-refractivity contribution < 1.29 is 61.4 Å². The van der Waals surface area contributed by atoms with Gasteiger partial charge in [0, 0.05) is 6.20 Å². The maximum atomic E-state index is 11.6. The Labute approximate surface area is 179 Å². The van der Waals surface area contributed by atoms with Gasteiger partial charge in [-0.15, -0.1) is 0 Å². The summed E-state index contributed by atoms with van der Waals surface area (Å²) in [6, 6.07) is 0. The van der Waals surface area contributed by atoms with Crippen molar-refractivity contribution in [2.24, 2.45) is 21.5 Å². The van der Waals surface area contributed by atoms with Gasteiger partial charge in [-0.05, 0) is 6.08 Å². The minimum Gasteiger partial charge on any atom is -0.756 e. The number of guanidine groups is 1. The molecule has 182 valence electrons. The van der Waals surface area contributed by atoms with Gasteiger partial charge in [0.15, 0.2) is 18.0 Å². The van der Waals surface area contributed by atoms with Crippen molar-refractivity contribution in [1.29, 1.82) is 0 Å². The van der Waals surface area contributed by atoms with E-state index in [1.165, 1.54) is 12.3 Å². The molecule has 2 rings (SSSR count). The first-order valence-electron chi connectivity index (χ1n) is 8.08. The third-order valence-corrected chi connectivity index (χ3v) is 7.27. The maximum absolute atomic E-state index is 11.6. The summed E-state index contributed by atoms with van der Waals surface area (Å²) in [6.45, 7) is 2.53. The number of amidine groups is 1. The molecule has 0 aromatic carbocycles. The van der Waals surface area contributed by atoms with E-state index in [-0.39, 0.29) is 17.6 Å². The molecular formula is C11H17N5O13P3-3. The second-order valence-electron chi connectivity index (χ2n) is 6.01. The summed E-state index contributed by atoms with van der Waals surface area (Å²) >= 11 is 0. The fourth-order valence-corrected chi connectivity index (χ4v) is 5.33. The molecule has 4 unspecified atom stereocenters. The van der Waals surface area contributed by atoms with Gasteiger partial charge in [0.1, 0.15) is 24.1 Å². The number of nitrogens with two attached hydrogens (primary N) is 2. The minimum atomic E-state index is -6.08. The zero-order valence-electron chi connectivity index (χ0n) is 15.6. The fraction of sp³-hybridized carbons (Fsp3) is 0.455. The summed E-state index contributed by atoms with van der Waals surface area (Å²) in [5.74, 6) is -0.245. The van der Waals surface area contributed by atoms with Gasteiger partial charge >= 0.3 is 0 Å². The Balaban J connectivity index is 2.01. The van der Waals surface area contributed by atoms with Crippen LogP contribution >= 0.6 is 23.5 Å². The van der Waals surface area contributed by atoms with Gasteiger partial charge in [-0.25, -0.2) is 13.6 Å². The maximum Gasteiger partial charge on any atom is 0.280 e. The molecule has 2 aliphatic rings. The summed E-state index contributed by atoms with van der Waals surface area (Å²) < 4.78 is 49.3. The second-order valence-corrected chi connectivity index (χ2v) is 10.3. The van der Waals surface area contributed by atoms with E-state index in [9.17, 15) is 38.6 Å². The van der Waals surface area contributed by atoms with Gasteiger partial charge < -0.3 is 55.4 Å². The minimum absolute atomic E-state index is 0.0290. The zero-order chi connectivity index (χ0) is 24.5. The number of nitrogens with zero attached hydrogens (tertiary/aromatic N) is 3. The van der Waals surface area contributed by atoms with Crippen molar-refractivity contribution >= 4 is 35.3 Å². The molecule has 21 heteroatoms. The summed E-state index contributed by atoms with van der Waals surface area (Å²) in [4.78, 5) is 50.3. The van der Waals surface area contributed by atoms with Crippen LogP contribution in [0.25, 0.3) is 0 Å². The number of aliphatic hydroxyl groups is 2. The van der Waals surface area contributed by atoms with Crippen molar-refractivity contribution in [3.63, 3.8) is 0 Å². The largest absolute Gasteiger partial charge is 0.756 e. The van der Waals surface area contributed by atoms with Gasteiger partial charge in [0.2, 0.25) is 0 Å². The SMILES string of the molecule is C=C1N=C(N=C(N)N)C=CN1[C@@H]1O[C@H](COP(=O)([O-])OP(=O)([O-])OP(=O)([O-])O)[C@H](O)C1O. The Kier molecular flexibility index (Phi) is 8.18. The first-order valence-corrected chi connectivity index (χ1v) is 12.5. The van der Waals surface area contributed by atoms with Crippen LogP contribution in [0.4, 0.5) is 0 Å². The fourth-order valence-electron chi connectivity index (χ4n) is 2.44. The molecule has 0 aromatic heterocycles. The van der Waals surface area contributed by atoms with Crippen molar-refractivity contribution in [1.82, 2.24) is 4.90 Å². The average molecular weight is 520 g/mol. The molecule has 2 heterocycles. The Morgan fingerprint density at radius 2 is 1.84 bits per heavy atom. The number of hydrogen-bond donors (Lipinski definition) is 5. The number of hydrogen-bond acceptors (Lipinski definition) is 15. The molecule has 7 N–H and O–H groups in total. The predicted octanol–water partition coefficient (Wildman–Crippen LogP) is -4.15. The standard InChI is InChI=1S/C11H20N5O13P3/c1-5-14-7(15-11(12)13)2-3-16(5)10-9(18)8(17)6(27-10)4-26-31(22,23)29-32(24,25)28-30(19,20)21/h2-3,6,8-10,17-18H,1,4H2,(H,22,23)(H,24,25)(H2,19,20,21)(H4,12,13,14,15)/p-3/t6-,8+,9?,10-/m1/s1. The number of ether oxygens (including phenoxy) is 1. The van der Waals surface area contributed by atoms with Crippen molar-refractivity contribution in [3.8, 4) is 0 Å². The van der Waals surface area contributed by atoms with Crippen molar-refractivity contribution in [3.05, 3.63) is 24.7 Å².